The summed E-state index contributed by atoms with van der Waals surface area (Å²) in [6.45, 7) is 8.06. The molecule has 3 unspecified atom stereocenters. The van der Waals surface area contributed by atoms with Gasteiger partial charge in [-0.05, 0) is 43.9 Å². The van der Waals surface area contributed by atoms with E-state index in [-0.39, 0.29) is 29.6 Å². The summed E-state index contributed by atoms with van der Waals surface area (Å²) in [4.78, 5) is 27.0. The van der Waals surface area contributed by atoms with Crippen LogP contribution in [0.2, 0.25) is 0 Å². The molecule has 1 fully saturated rings. The van der Waals surface area contributed by atoms with Gasteiger partial charge >= 0.3 is 0 Å². The van der Waals surface area contributed by atoms with Gasteiger partial charge in [-0.3, -0.25) is 14.5 Å². The summed E-state index contributed by atoms with van der Waals surface area (Å²) in [7, 11) is 0. The van der Waals surface area contributed by atoms with E-state index in [2.05, 4.69) is 38.1 Å². The molecule has 0 saturated carbocycles. The van der Waals surface area contributed by atoms with Crippen LogP contribution >= 0.6 is 0 Å². The van der Waals surface area contributed by atoms with Crippen molar-refractivity contribution in [2.75, 3.05) is 4.90 Å². The number of carbonyl (C=O) groups is 2. The molecular weight excluding hydrogens is 310 g/mol. The normalized spacial score (nSPS) is 21.7. The summed E-state index contributed by atoms with van der Waals surface area (Å²) in [5.41, 5.74) is 4.23. The van der Waals surface area contributed by atoms with Gasteiger partial charge in [0, 0.05) is 5.92 Å². The molecule has 1 aliphatic heterocycles. The fraction of sp³-hybridized carbons (Fsp3) is 0.364. The number of benzene rings is 2. The molecule has 1 heterocycles. The number of hydrogen-bond donors (Lipinski definition) is 0. The highest BCUT2D eigenvalue weighted by atomic mass is 16.2. The van der Waals surface area contributed by atoms with Crippen molar-refractivity contribution in [3.63, 3.8) is 0 Å². The summed E-state index contributed by atoms with van der Waals surface area (Å²) in [5, 5.41) is 0. The topological polar surface area (TPSA) is 37.4 Å². The van der Waals surface area contributed by atoms with Gasteiger partial charge in [-0.2, -0.15) is 0 Å². The highest BCUT2D eigenvalue weighted by Crippen LogP contribution is 2.36. The van der Waals surface area contributed by atoms with Crippen molar-refractivity contribution in [2.45, 2.75) is 40.0 Å². The van der Waals surface area contributed by atoms with Crippen LogP contribution in [0.1, 0.15) is 42.9 Å². The van der Waals surface area contributed by atoms with Crippen molar-refractivity contribution < 1.29 is 9.59 Å². The standard InChI is InChI=1S/C22H25NO2/c1-14-5-9-18(10-6-14)16(3)13-20-17(4)21(24)23(22(20)25)19-11-7-15(2)8-12-19/h5-12,16-17,20H,13H2,1-4H3. The quantitative estimate of drug-likeness (QED) is 0.764. The number of carbonyl (C=O) groups excluding carboxylic acids is 2. The second kappa shape index (κ2) is 6.83. The van der Waals surface area contributed by atoms with Gasteiger partial charge in [0.2, 0.25) is 11.8 Å². The Kier molecular flexibility index (Phi) is 4.76. The molecule has 0 radical (unpaired) electrons. The summed E-state index contributed by atoms with van der Waals surface area (Å²) < 4.78 is 0. The third-order valence-corrected chi connectivity index (χ3v) is 5.30. The van der Waals surface area contributed by atoms with Crippen LogP contribution in [-0.4, -0.2) is 11.8 Å². The third kappa shape index (κ3) is 3.37. The van der Waals surface area contributed by atoms with E-state index in [1.807, 2.05) is 38.1 Å². The lowest BCUT2D eigenvalue weighted by Gasteiger charge is -2.18. The second-order valence-corrected chi connectivity index (χ2v) is 7.29. The van der Waals surface area contributed by atoms with Gasteiger partial charge in [-0.15, -0.1) is 0 Å². The molecule has 130 valence electrons. The maximum Gasteiger partial charge on any atom is 0.237 e. The second-order valence-electron chi connectivity index (χ2n) is 7.29. The van der Waals surface area contributed by atoms with Gasteiger partial charge in [0.15, 0.2) is 0 Å². The largest absolute Gasteiger partial charge is 0.274 e. The minimum absolute atomic E-state index is 0.0692. The first-order valence-corrected chi connectivity index (χ1v) is 8.89. The first kappa shape index (κ1) is 17.4. The zero-order valence-electron chi connectivity index (χ0n) is 15.3. The minimum Gasteiger partial charge on any atom is -0.274 e. The summed E-state index contributed by atoms with van der Waals surface area (Å²) in [6.07, 6.45) is 0.692. The van der Waals surface area contributed by atoms with Crippen molar-refractivity contribution in [3.8, 4) is 0 Å². The highest BCUT2D eigenvalue weighted by Gasteiger charge is 2.45. The zero-order valence-corrected chi connectivity index (χ0v) is 15.3. The molecule has 3 atom stereocenters. The maximum atomic E-state index is 12.9. The monoisotopic (exact) mass is 335 g/mol. The van der Waals surface area contributed by atoms with E-state index in [4.69, 9.17) is 0 Å². The van der Waals surface area contributed by atoms with Gasteiger partial charge in [0.05, 0.1) is 11.6 Å². The molecule has 0 N–H and O–H groups in total. The van der Waals surface area contributed by atoms with Crippen LogP contribution in [0.4, 0.5) is 5.69 Å². The number of nitrogens with zero attached hydrogens (tertiary/aromatic N) is 1. The summed E-state index contributed by atoms with van der Waals surface area (Å²) in [6, 6.07) is 16.0. The number of aryl methyl sites for hydroxylation is 2. The first-order valence-electron chi connectivity index (χ1n) is 8.89. The molecule has 0 aliphatic carbocycles. The average Bonchev–Trinajstić information content (AvgIpc) is 2.80. The average molecular weight is 335 g/mol. The van der Waals surface area contributed by atoms with E-state index in [9.17, 15) is 9.59 Å². The van der Waals surface area contributed by atoms with Crippen LogP contribution < -0.4 is 4.90 Å². The number of imide groups is 1. The lowest BCUT2D eigenvalue weighted by Crippen LogP contribution is -2.30. The predicted octanol–water partition coefficient (Wildman–Crippen LogP) is 4.62. The van der Waals surface area contributed by atoms with E-state index in [1.54, 1.807) is 0 Å². The molecule has 0 aromatic heterocycles. The molecular formula is C22H25NO2. The van der Waals surface area contributed by atoms with E-state index in [0.717, 1.165) is 5.56 Å². The number of amides is 2. The van der Waals surface area contributed by atoms with Crippen LogP contribution in [0.25, 0.3) is 0 Å². The Bertz CT molecular complexity index is 777. The van der Waals surface area contributed by atoms with Crippen molar-refractivity contribution >= 4 is 17.5 Å². The lowest BCUT2D eigenvalue weighted by molar-refractivity contribution is -0.122. The Morgan fingerprint density at radius 2 is 1.40 bits per heavy atom. The molecule has 0 spiro atoms. The van der Waals surface area contributed by atoms with Crippen molar-refractivity contribution in [3.05, 3.63) is 65.2 Å². The Hall–Kier alpha value is -2.42. The molecule has 3 nitrogen and oxygen atoms in total. The predicted molar refractivity (Wildman–Crippen MR) is 101 cm³/mol. The van der Waals surface area contributed by atoms with E-state index in [0.29, 0.717) is 12.1 Å². The fourth-order valence-corrected chi connectivity index (χ4v) is 3.53. The molecule has 2 aromatic carbocycles. The Balaban J connectivity index is 1.80. The van der Waals surface area contributed by atoms with Crippen LogP contribution in [0.3, 0.4) is 0 Å². The Morgan fingerprint density at radius 3 is 1.96 bits per heavy atom. The van der Waals surface area contributed by atoms with Crippen molar-refractivity contribution in [1.29, 1.82) is 0 Å². The lowest BCUT2D eigenvalue weighted by atomic mass is 9.84. The molecule has 25 heavy (non-hydrogen) atoms. The minimum atomic E-state index is -0.276. The summed E-state index contributed by atoms with van der Waals surface area (Å²) in [5.74, 6) is -0.454. The SMILES string of the molecule is Cc1ccc(C(C)CC2C(=O)N(c3ccc(C)cc3)C(=O)C2C)cc1. The van der Waals surface area contributed by atoms with Gasteiger partial charge in [0.1, 0.15) is 0 Å². The van der Waals surface area contributed by atoms with Crippen LogP contribution in [0.15, 0.2) is 48.5 Å². The van der Waals surface area contributed by atoms with E-state index >= 15 is 0 Å². The van der Waals surface area contributed by atoms with Crippen LogP contribution in [-0.2, 0) is 9.59 Å². The number of rotatable bonds is 4. The fourth-order valence-electron chi connectivity index (χ4n) is 3.53. The van der Waals surface area contributed by atoms with Crippen molar-refractivity contribution in [2.24, 2.45) is 11.8 Å². The van der Waals surface area contributed by atoms with E-state index in [1.165, 1.54) is 16.0 Å². The molecule has 0 bridgehead atoms. The van der Waals surface area contributed by atoms with Gasteiger partial charge < -0.3 is 0 Å². The molecule has 1 aliphatic rings. The Morgan fingerprint density at radius 1 is 0.880 bits per heavy atom. The van der Waals surface area contributed by atoms with Gasteiger partial charge in [0.25, 0.3) is 0 Å². The van der Waals surface area contributed by atoms with Crippen molar-refractivity contribution in [1.82, 2.24) is 0 Å². The molecule has 3 heteroatoms. The smallest absolute Gasteiger partial charge is 0.237 e. The first-order chi connectivity index (χ1) is 11.9. The molecule has 1 saturated heterocycles. The third-order valence-electron chi connectivity index (χ3n) is 5.30. The van der Waals surface area contributed by atoms with Crippen LogP contribution in [0, 0.1) is 25.7 Å². The molecule has 2 amide bonds. The number of hydrogen-bond acceptors (Lipinski definition) is 2. The molecule has 2 aromatic rings. The van der Waals surface area contributed by atoms with Gasteiger partial charge in [-0.25, -0.2) is 0 Å². The molecule has 3 rings (SSSR count). The highest BCUT2D eigenvalue weighted by molar-refractivity contribution is 6.21. The number of anilines is 1. The van der Waals surface area contributed by atoms with Crippen LogP contribution in [0.5, 0.6) is 0 Å². The zero-order chi connectivity index (χ0) is 18.1. The van der Waals surface area contributed by atoms with Gasteiger partial charge in [-0.1, -0.05) is 61.4 Å². The summed E-state index contributed by atoms with van der Waals surface area (Å²) >= 11 is 0. The maximum absolute atomic E-state index is 12.9. The van der Waals surface area contributed by atoms with E-state index < -0.39 is 0 Å². The Labute approximate surface area is 149 Å².